The zero-order chi connectivity index (χ0) is 9.26. The van der Waals surface area contributed by atoms with E-state index in [4.69, 9.17) is 11.6 Å². The number of alkyl halides is 1. The van der Waals surface area contributed by atoms with Gasteiger partial charge in [0.05, 0.1) is 0 Å². The van der Waals surface area contributed by atoms with Crippen LogP contribution in [0.15, 0.2) is 24.3 Å². The third kappa shape index (κ3) is 1.88. The summed E-state index contributed by atoms with van der Waals surface area (Å²) in [6.07, 6.45) is 2.73. The Morgan fingerprint density at radius 3 is 2.62 bits per heavy atom. The van der Waals surface area contributed by atoms with Crippen molar-refractivity contribution in [2.75, 3.05) is 5.88 Å². The van der Waals surface area contributed by atoms with Crippen LogP contribution in [-0.2, 0) is 0 Å². The van der Waals surface area contributed by atoms with Gasteiger partial charge in [-0.05, 0) is 36.8 Å². The van der Waals surface area contributed by atoms with Crippen LogP contribution >= 0.6 is 11.6 Å². The molecule has 13 heavy (non-hydrogen) atoms. The molecule has 1 aromatic carbocycles. The first-order valence-corrected chi connectivity index (χ1v) is 5.48. The van der Waals surface area contributed by atoms with Gasteiger partial charge in [-0.25, -0.2) is 0 Å². The largest absolute Gasteiger partial charge is 0.126 e. The maximum atomic E-state index is 6.01. The van der Waals surface area contributed by atoms with Gasteiger partial charge in [-0.1, -0.05) is 24.3 Å². The Bertz CT molecular complexity index is 289. The second-order valence-corrected chi connectivity index (χ2v) is 4.26. The molecule has 0 nitrogen and oxygen atoms in total. The topological polar surface area (TPSA) is 0 Å². The van der Waals surface area contributed by atoms with Crippen molar-refractivity contribution in [3.05, 3.63) is 35.4 Å². The van der Waals surface area contributed by atoms with Crippen molar-refractivity contribution in [1.82, 2.24) is 0 Å². The molecule has 1 saturated carbocycles. The summed E-state index contributed by atoms with van der Waals surface area (Å²) in [4.78, 5) is 0. The van der Waals surface area contributed by atoms with E-state index in [1.54, 1.807) is 0 Å². The zero-order valence-corrected chi connectivity index (χ0v) is 8.72. The molecule has 0 saturated heterocycles. The molecule has 2 rings (SSSR count). The minimum atomic E-state index is 0.600. The lowest BCUT2D eigenvalue weighted by molar-refractivity contribution is 0.666. The molecule has 70 valence electrons. The summed E-state index contributed by atoms with van der Waals surface area (Å²) in [5.74, 6) is 2.23. The monoisotopic (exact) mass is 194 g/mol. The second kappa shape index (κ2) is 3.71. The van der Waals surface area contributed by atoms with E-state index in [-0.39, 0.29) is 0 Å². The lowest BCUT2D eigenvalue weighted by atomic mass is 9.92. The Morgan fingerprint density at radius 2 is 2.08 bits per heavy atom. The van der Waals surface area contributed by atoms with Crippen molar-refractivity contribution in [2.45, 2.75) is 25.7 Å². The molecule has 0 N–H and O–H groups in total. The predicted molar refractivity (Wildman–Crippen MR) is 57.4 cm³/mol. The van der Waals surface area contributed by atoms with Crippen LogP contribution in [-0.4, -0.2) is 5.88 Å². The summed E-state index contributed by atoms with van der Waals surface area (Å²) >= 11 is 6.01. The number of rotatable bonds is 3. The fraction of sp³-hybridized carbons (Fsp3) is 0.500. The molecule has 0 amide bonds. The van der Waals surface area contributed by atoms with Crippen LogP contribution in [0.4, 0.5) is 0 Å². The number of aryl methyl sites for hydroxylation is 1. The first-order valence-electron chi connectivity index (χ1n) is 4.94. The van der Waals surface area contributed by atoms with E-state index in [0.29, 0.717) is 5.92 Å². The van der Waals surface area contributed by atoms with Gasteiger partial charge in [-0.2, -0.15) is 0 Å². The Kier molecular flexibility index (Phi) is 2.59. The minimum absolute atomic E-state index is 0.600. The molecule has 0 aromatic heterocycles. The van der Waals surface area contributed by atoms with Gasteiger partial charge in [0.25, 0.3) is 0 Å². The van der Waals surface area contributed by atoms with Crippen molar-refractivity contribution < 1.29 is 0 Å². The van der Waals surface area contributed by atoms with Gasteiger partial charge in [-0.15, -0.1) is 11.6 Å². The Labute approximate surface area is 84.9 Å². The highest BCUT2D eigenvalue weighted by molar-refractivity contribution is 6.18. The molecule has 1 fully saturated rings. The van der Waals surface area contributed by atoms with E-state index in [2.05, 4.69) is 31.2 Å². The predicted octanol–water partition coefficient (Wildman–Crippen LogP) is 3.73. The van der Waals surface area contributed by atoms with Crippen LogP contribution in [0.3, 0.4) is 0 Å². The van der Waals surface area contributed by atoms with Crippen molar-refractivity contribution in [2.24, 2.45) is 5.92 Å². The van der Waals surface area contributed by atoms with E-state index < -0.39 is 0 Å². The fourth-order valence-corrected chi connectivity index (χ4v) is 2.38. The van der Waals surface area contributed by atoms with Gasteiger partial charge in [0.1, 0.15) is 0 Å². The average molecular weight is 195 g/mol. The highest BCUT2D eigenvalue weighted by Crippen LogP contribution is 2.43. The second-order valence-electron chi connectivity index (χ2n) is 3.95. The normalized spacial score (nSPS) is 18.6. The van der Waals surface area contributed by atoms with Crippen LogP contribution in [0, 0.1) is 12.8 Å². The molecule has 1 atom stereocenters. The molecule has 1 aliphatic carbocycles. The van der Waals surface area contributed by atoms with E-state index in [1.165, 1.54) is 24.0 Å². The van der Waals surface area contributed by atoms with Crippen LogP contribution in [0.5, 0.6) is 0 Å². The zero-order valence-electron chi connectivity index (χ0n) is 7.96. The number of benzene rings is 1. The first-order chi connectivity index (χ1) is 6.33. The number of hydrogen-bond donors (Lipinski definition) is 0. The van der Waals surface area contributed by atoms with Gasteiger partial charge in [0.15, 0.2) is 0 Å². The molecule has 0 radical (unpaired) electrons. The van der Waals surface area contributed by atoms with Gasteiger partial charge in [0, 0.05) is 11.8 Å². The van der Waals surface area contributed by atoms with E-state index >= 15 is 0 Å². The minimum Gasteiger partial charge on any atom is -0.126 e. The van der Waals surface area contributed by atoms with Crippen molar-refractivity contribution in [3.63, 3.8) is 0 Å². The summed E-state index contributed by atoms with van der Waals surface area (Å²) in [6.45, 7) is 2.18. The third-order valence-corrected chi connectivity index (χ3v) is 3.28. The maximum Gasteiger partial charge on any atom is 0.0295 e. The van der Waals surface area contributed by atoms with Crippen molar-refractivity contribution in [1.29, 1.82) is 0 Å². The lowest BCUT2D eigenvalue weighted by Gasteiger charge is -2.15. The summed E-state index contributed by atoms with van der Waals surface area (Å²) in [7, 11) is 0. The summed E-state index contributed by atoms with van der Waals surface area (Å²) in [5.41, 5.74) is 2.85. The highest BCUT2D eigenvalue weighted by atomic mass is 35.5. The van der Waals surface area contributed by atoms with Gasteiger partial charge >= 0.3 is 0 Å². The average Bonchev–Trinajstić information content (AvgIpc) is 2.93. The molecule has 1 aliphatic rings. The fourth-order valence-electron chi connectivity index (χ4n) is 1.96. The molecular weight excluding hydrogens is 180 g/mol. The first kappa shape index (κ1) is 9.08. The number of hydrogen-bond acceptors (Lipinski definition) is 0. The van der Waals surface area contributed by atoms with Crippen LogP contribution in [0.1, 0.15) is 29.9 Å². The van der Waals surface area contributed by atoms with E-state index in [1.807, 2.05) is 0 Å². The SMILES string of the molecule is Cc1ccccc1C(CCl)C1CC1. The summed E-state index contributed by atoms with van der Waals surface area (Å²) in [5, 5.41) is 0. The van der Waals surface area contributed by atoms with E-state index in [9.17, 15) is 0 Å². The smallest absolute Gasteiger partial charge is 0.0295 e. The van der Waals surface area contributed by atoms with Crippen LogP contribution in [0.2, 0.25) is 0 Å². The lowest BCUT2D eigenvalue weighted by Crippen LogP contribution is -2.04. The quantitative estimate of drug-likeness (QED) is 0.644. The molecule has 0 bridgehead atoms. The number of halogens is 1. The molecule has 1 heteroatoms. The van der Waals surface area contributed by atoms with Crippen molar-refractivity contribution in [3.8, 4) is 0 Å². The summed E-state index contributed by atoms with van der Waals surface area (Å²) in [6, 6.07) is 8.61. The molecule has 0 heterocycles. The molecular formula is C12H15Cl. The third-order valence-electron chi connectivity index (χ3n) is 2.95. The van der Waals surface area contributed by atoms with Gasteiger partial charge < -0.3 is 0 Å². The Balaban J connectivity index is 2.26. The Hall–Kier alpha value is -0.490. The van der Waals surface area contributed by atoms with E-state index in [0.717, 1.165) is 11.8 Å². The van der Waals surface area contributed by atoms with Gasteiger partial charge in [-0.3, -0.25) is 0 Å². The summed E-state index contributed by atoms with van der Waals surface area (Å²) < 4.78 is 0. The maximum absolute atomic E-state index is 6.01. The molecule has 0 aliphatic heterocycles. The highest BCUT2D eigenvalue weighted by Gasteiger charge is 2.32. The molecule has 1 aromatic rings. The van der Waals surface area contributed by atoms with Crippen molar-refractivity contribution >= 4 is 11.6 Å². The standard InChI is InChI=1S/C12H15Cl/c1-9-4-2-3-5-11(9)12(8-13)10-6-7-10/h2-5,10,12H,6-8H2,1H3. The van der Waals surface area contributed by atoms with Crippen LogP contribution < -0.4 is 0 Å². The van der Waals surface area contributed by atoms with Crippen LogP contribution in [0.25, 0.3) is 0 Å². The van der Waals surface area contributed by atoms with Gasteiger partial charge in [0.2, 0.25) is 0 Å². The Morgan fingerprint density at radius 1 is 1.38 bits per heavy atom. The molecule has 0 spiro atoms. The molecule has 1 unspecified atom stereocenters.